The number of carbonyl (C=O) groups is 2. The van der Waals surface area contributed by atoms with Gasteiger partial charge in [0.15, 0.2) is 0 Å². The van der Waals surface area contributed by atoms with Gasteiger partial charge in [-0.15, -0.1) is 11.3 Å². The fourth-order valence-electron chi connectivity index (χ4n) is 4.00. The van der Waals surface area contributed by atoms with Crippen molar-refractivity contribution in [2.45, 2.75) is 78.4 Å². The molecule has 1 aromatic carbocycles. The average Bonchev–Trinajstić information content (AvgIpc) is 3.53. The maximum absolute atomic E-state index is 13.5. The van der Waals surface area contributed by atoms with Gasteiger partial charge < -0.3 is 9.80 Å². The van der Waals surface area contributed by atoms with Crippen LogP contribution in [-0.4, -0.2) is 34.2 Å². The molecule has 1 unspecified atom stereocenters. The Hall–Kier alpha value is -2.14. The summed E-state index contributed by atoms with van der Waals surface area (Å²) in [6, 6.07) is 14.6. The molecule has 1 fully saturated rings. The van der Waals surface area contributed by atoms with Crippen LogP contribution >= 0.6 is 11.3 Å². The molecule has 31 heavy (non-hydrogen) atoms. The summed E-state index contributed by atoms with van der Waals surface area (Å²) in [4.78, 5) is 33.0. The van der Waals surface area contributed by atoms with E-state index in [2.05, 4.69) is 45.0 Å². The highest BCUT2D eigenvalue weighted by Crippen LogP contribution is 2.30. The number of nitrogens with zero attached hydrogens (tertiary/aromatic N) is 2. The molecule has 2 amide bonds. The van der Waals surface area contributed by atoms with Crippen LogP contribution in [0.4, 0.5) is 0 Å². The smallest absolute Gasteiger partial charge is 0.242 e. The highest BCUT2D eigenvalue weighted by atomic mass is 32.1. The number of rotatable bonds is 12. The third-order valence-electron chi connectivity index (χ3n) is 6.04. The van der Waals surface area contributed by atoms with E-state index in [-0.39, 0.29) is 30.3 Å². The Kier molecular flexibility index (Phi) is 8.70. The summed E-state index contributed by atoms with van der Waals surface area (Å²) in [7, 11) is 0. The van der Waals surface area contributed by atoms with Crippen molar-refractivity contribution in [1.82, 2.24) is 9.80 Å². The second kappa shape index (κ2) is 11.5. The normalized spacial score (nSPS) is 14.3. The Morgan fingerprint density at radius 3 is 2.39 bits per heavy atom. The van der Waals surface area contributed by atoms with Crippen LogP contribution in [0.25, 0.3) is 0 Å². The summed E-state index contributed by atoms with van der Waals surface area (Å²) in [6.45, 7) is 7.69. The lowest BCUT2D eigenvalue weighted by molar-refractivity contribution is -0.144. The van der Waals surface area contributed by atoms with Crippen LogP contribution in [-0.2, 0) is 22.7 Å². The molecule has 0 spiro atoms. The van der Waals surface area contributed by atoms with Gasteiger partial charge in [-0.3, -0.25) is 9.59 Å². The quantitative estimate of drug-likeness (QED) is 0.419. The van der Waals surface area contributed by atoms with Gasteiger partial charge in [0.05, 0.1) is 6.54 Å². The number of aryl methyl sites for hydroxylation is 1. The van der Waals surface area contributed by atoms with Crippen LogP contribution in [0.5, 0.6) is 0 Å². The van der Waals surface area contributed by atoms with Gasteiger partial charge in [-0.2, -0.15) is 0 Å². The molecule has 0 aliphatic heterocycles. The van der Waals surface area contributed by atoms with Crippen LogP contribution in [0.1, 0.15) is 67.7 Å². The number of benzene rings is 1. The summed E-state index contributed by atoms with van der Waals surface area (Å²) in [5.41, 5.74) is 1.11. The van der Waals surface area contributed by atoms with Crippen molar-refractivity contribution in [3.05, 3.63) is 57.8 Å². The van der Waals surface area contributed by atoms with Crippen molar-refractivity contribution in [3.8, 4) is 0 Å². The molecule has 3 rings (SSSR count). The van der Waals surface area contributed by atoms with E-state index in [0.29, 0.717) is 13.1 Å². The average molecular weight is 441 g/mol. The third kappa shape index (κ3) is 6.93. The number of carbonyl (C=O) groups excluding carboxylic acids is 2. The molecule has 0 bridgehead atoms. The Bertz CT molecular complexity index is 844. The second-order valence-corrected chi connectivity index (χ2v) is 10.1. The number of thiophene rings is 1. The standard InChI is InChI=1S/C26H36N2O2S/c1-4-6-12-22(5-2)26(30)28(23-14-15-23)19-25(29)27(17-21-10-8-7-9-11-21)18-24-16-13-20(3)31-24/h7-11,13,16,22-23H,4-6,12,14-15,17-19H2,1-3H3. The molecule has 1 aliphatic rings. The zero-order chi connectivity index (χ0) is 22.2. The zero-order valence-corrected chi connectivity index (χ0v) is 20.0. The van der Waals surface area contributed by atoms with E-state index in [1.54, 1.807) is 11.3 Å². The van der Waals surface area contributed by atoms with Gasteiger partial charge >= 0.3 is 0 Å². The Morgan fingerprint density at radius 1 is 1.06 bits per heavy atom. The minimum Gasteiger partial charge on any atom is -0.332 e. The first-order chi connectivity index (χ1) is 15.0. The topological polar surface area (TPSA) is 40.6 Å². The molecular formula is C26H36N2O2S. The van der Waals surface area contributed by atoms with Crippen LogP contribution in [0.15, 0.2) is 42.5 Å². The van der Waals surface area contributed by atoms with Gasteiger partial charge in [-0.1, -0.05) is 57.0 Å². The van der Waals surface area contributed by atoms with Crippen LogP contribution < -0.4 is 0 Å². The molecule has 2 aromatic rings. The Labute approximate surface area is 191 Å². The molecule has 0 N–H and O–H groups in total. The van der Waals surface area contributed by atoms with Gasteiger partial charge in [0.25, 0.3) is 0 Å². The minimum absolute atomic E-state index is 0.0378. The predicted octanol–water partition coefficient (Wildman–Crippen LogP) is 5.79. The first-order valence-electron chi connectivity index (χ1n) is 11.7. The summed E-state index contributed by atoms with van der Waals surface area (Å²) in [5.74, 6) is 0.259. The van der Waals surface area contributed by atoms with E-state index in [9.17, 15) is 9.59 Å². The fourth-order valence-corrected chi connectivity index (χ4v) is 4.91. The van der Waals surface area contributed by atoms with Crippen LogP contribution in [0.2, 0.25) is 0 Å². The molecule has 0 saturated heterocycles. The molecule has 1 saturated carbocycles. The van der Waals surface area contributed by atoms with Crippen molar-refractivity contribution in [2.75, 3.05) is 6.54 Å². The van der Waals surface area contributed by atoms with Crippen LogP contribution in [0, 0.1) is 12.8 Å². The van der Waals surface area contributed by atoms with Gasteiger partial charge in [0.1, 0.15) is 6.54 Å². The second-order valence-electron chi connectivity index (χ2n) is 8.69. The maximum Gasteiger partial charge on any atom is 0.242 e. The monoisotopic (exact) mass is 440 g/mol. The highest BCUT2D eigenvalue weighted by Gasteiger charge is 2.37. The molecule has 0 radical (unpaired) electrons. The van der Waals surface area contributed by atoms with Gasteiger partial charge in [-0.05, 0) is 50.3 Å². The van der Waals surface area contributed by atoms with Crippen molar-refractivity contribution in [1.29, 1.82) is 0 Å². The fraction of sp³-hybridized carbons (Fsp3) is 0.538. The summed E-state index contributed by atoms with van der Waals surface area (Å²) in [5, 5.41) is 0. The molecule has 1 atom stereocenters. The molecule has 1 aromatic heterocycles. The summed E-state index contributed by atoms with van der Waals surface area (Å²) >= 11 is 1.73. The van der Waals surface area contributed by atoms with Crippen molar-refractivity contribution < 1.29 is 9.59 Å². The Morgan fingerprint density at radius 2 is 1.81 bits per heavy atom. The van der Waals surface area contributed by atoms with Crippen molar-refractivity contribution in [2.24, 2.45) is 5.92 Å². The zero-order valence-electron chi connectivity index (χ0n) is 19.2. The first-order valence-corrected chi connectivity index (χ1v) is 12.5. The lowest BCUT2D eigenvalue weighted by Crippen LogP contribution is -2.45. The predicted molar refractivity (Wildman–Crippen MR) is 128 cm³/mol. The molecule has 1 aliphatic carbocycles. The highest BCUT2D eigenvalue weighted by molar-refractivity contribution is 7.11. The first kappa shape index (κ1) is 23.5. The molecule has 4 nitrogen and oxygen atoms in total. The number of amides is 2. The summed E-state index contributed by atoms with van der Waals surface area (Å²) < 4.78 is 0. The summed E-state index contributed by atoms with van der Waals surface area (Å²) in [6.07, 6.45) is 5.97. The van der Waals surface area contributed by atoms with E-state index in [4.69, 9.17) is 0 Å². The molecule has 1 heterocycles. The van der Waals surface area contributed by atoms with E-state index < -0.39 is 0 Å². The van der Waals surface area contributed by atoms with Crippen molar-refractivity contribution in [3.63, 3.8) is 0 Å². The van der Waals surface area contributed by atoms with Gasteiger partial charge in [0.2, 0.25) is 11.8 Å². The largest absolute Gasteiger partial charge is 0.332 e. The third-order valence-corrected chi connectivity index (χ3v) is 7.02. The SMILES string of the molecule is CCCCC(CC)C(=O)N(CC(=O)N(Cc1ccccc1)Cc1ccc(C)s1)C1CC1. The lowest BCUT2D eigenvalue weighted by Gasteiger charge is -2.30. The Balaban J connectivity index is 1.74. The number of hydrogen-bond donors (Lipinski definition) is 0. The van der Waals surface area contributed by atoms with E-state index in [1.807, 2.05) is 28.0 Å². The molecule has 5 heteroatoms. The maximum atomic E-state index is 13.5. The number of unbranched alkanes of at least 4 members (excludes halogenated alkanes) is 1. The van der Waals surface area contributed by atoms with Gasteiger partial charge in [-0.25, -0.2) is 0 Å². The number of hydrogen-bond acceptors (Lipinski definition) is 3. The lowest BCUT2D eigenvalue weighted by atomic mass is 9.97. The van der Waals surface area contributed by atoms with Crippen molar-refractivity contribution >= 4 is 23.2 Å². The molecule has 168 valence electrons. The minimum atomic E-state index is 0.0378. The van der Waals surface area contributed by atoms with Gasteiger partial charge in [0, 0.05) is 28.3 Å². The van der Waals surface area contributed by atoms with E-state index >= 15 is 0 Å². The molecular weight excluding hydrogens is 404 g/mol. The van der Waals surface area contributed by atoms with E-state index in [1.165, 1.54) is 9.75 Å². The van der Waals surface area contributed by atoms with Crippen LogP contribution in [0.3, 0.4) is 0 Å². The van der Waals surface area contributed by atoms with E-state index in [0.717, 1.165) is 44.1 Å².